The van der Waals surface area contributed by atoms with Gasteiger partial charge in [-0.3, -0.25) is 0 Å². The summed E-state index contributed by atoms with van der Waals surface area (Å²) in [6.45, 7) is 16.2. The third-order valence-electron chi connectivity index (χ3n) is 4.88. The summed E-state index contributed by atoms with van der Waals surface area (Å²) in [5.74, 6) is -1.60. The van der Waals surface area contributed by atoms with Crippen LogP contribution in [0.4, 0.5) is 8.78 Å². The first-order chi connectivity index (χ1) is 15.9. The number of ether oxygens (including phenoxy) is 2. The minimum atomic E-state index is -1.02. The van der Waals surface area contributed by atoms with Crippen molar-refractivity contribution in [3.8, 4) is 5.75 Å². The van der Waals surface area contributed by atoms with E-state index < -0.39 is 17.0 Å². The standard InChI is InChI=1S/C13H12F2O3.C7H7Cl.C3H6.C2H4.CH2O/c14-9-1-2-10(15)12-11(9)13(7-16)3-4-17-5-8(13)6-18-12;1-6-2-4-7(8)5-3-6;1-3-2;2*1-2/h1-2,7-8H,3-6H2;2-5H,1H3;3H,1H2,2H3;1-2H2;1H2. The van der Waals surface area contributed by atoms with E-state index in [1.807, 2.05) is 44.9 Å². The summed E-state index contributed by atoms with van der Waals surface area (Å²) in [6, 6.07) is 9.81. The zero-order valence-electron chi connectivity index (χ0n) is 19.1. The number of hydrogen-bond donors (Lipinski definition) is 0. The van der Waals surface area contributed by atoms with Crippen LogP contribution in [0.1, 0.15) is 24.5 Å². The molecule has 1 fully saturated rings. The molecule has 4 rings (SSSR count). The molecule has 2 aromatic carbocycles. The molecule has 0 bridgehead atoms. The first-order valence-electron chi connectivity index (χ1n) is 10.1. The van der Waals surface area contributed by atoms with Crippen molar-refractivity contribution in [2.45, 2.75) is 25.7 Å². The Morgan fingerprint density at radius 1 is 1.06 bits per heavy atom. The first kappa shape index (κ1) is 30.2. The second-order valence-electron chi connectivity index (χ2n) is 6.93. The number of benzene rings is 2. The highest BCUT2D eigenvalue weighted by Crippen LogP contribution is 2.47. The molecular weight excluding hydrogens is 450 g/mol. The lowest BCUT2D eigenvalue weighted by Gasteiger charge is -2.44. The summed E-state index contributed by atoms with van der Waals surface area (Å²) in [7, 11) is 0. The smallest absolute Gasteiger partial charge is 0.165 e. The van der Waals surface area contributed by atoms with E-state index >= 15 is 0 Å². The monoisotopic (exact) mass is 480 g/mol. The number of allylic oxidation sites excluding steroid dienone is 1. The van der Waals surface area contributed by atoms with Crippen molar-refractivity contribution in [3.63, 3.8) is 0 Å². The highest BCUT2D eigenvalue weighted by Gasteiger charge is 2.50. The van der Waals surface area contributed by atoms with Crippen LogP contribution in [0.5, 0.6) is 5.75 Å². The van der Waals surface area contributed by atoms with Crippen LogP contribution in [0.15, 0.2) is 62.2 Å². The molecule has 2 atom stereocenters. The number of rotatable bonds is 1. The fraction of sp³-hybridized carbons (Fsp3) is 0.308. The Balaban J connectivity index is 0.000000571. The SMILES string of the molecule is C=C.C=CC.C=O.Cc1ccc(Cl)cc1.O=CC12CCOCC1COc1c(F)ccc(F)c12. The summed E-state index contributed by atoms with van der Waals surface area (Å²) in [5, 5.41) is 0.801. The second-order valence-corrected chi connectivity index (χ2v) is 7.36. The van der Waals surface area contributed by atoms with E-state index in [-0.39, 0.29) is 23.8 Å². The van der Waals surface area contributed by atoms with E-state index in [9.17, 15) is 13.6 Å². The van der Waals surface area contributed by atoms with Crippen molar-refractivity contribution >= 4 is 24.7 Å². The highest BCUT2D eigenvalue weighted by molar-refractivity contribution is 6.30. The molecule has 7 heteroatoms. The van der Waals surface area contributed by atoms with E-state index in [1.54, 1.807) is 6.08 Å². The molecule has 33 heavy (non-hydrogen) atoms. The van der Waals surface area contributed by atoms with Gasteiger partial charge in [-0.15, -0.1) is 19.7 Å². The summed E-state index contributed by atoms with van der Waals surface area (Å²) >= 11 is 5.61. The molecule has 2 aromatic rings. The van der Waals surface area contributed by atoms with Crippen molar-refractivity contribution < 1.29 is 27.8 Å². The number of aldehydes is 1. The average Bonchev–Trinajstić information content (AvgIpc) is 2.86. The Kier molecular flexibility index (Phi) is 14.5. The number of carbonyl (C=O) groups excluding carboxylic acids is 2. The van der Waals surface area contributed by atoms with Crippen LogP contribution in [-0.4, -0.2) is 32.9 Å². The van der Waals surface area contributed by atoms with Gasteiger partial charge in [0.15, 0.2) is 11.6 Å². The summed E-state index contributed by atoms with van der Waals surface area (Å²) in [6.07, 6.45) is 2.84. The topological polar surface area (TPSA) is 52.6 Å². The number of hydrogen-bond acceptors (Lipinski definition) is 4. The summed E-state index contributed by atoms with van der Waals surface area (Å²) in [4.78, 5) is 19.5. The first-order valence-corrected chi connectivity index (χ1v) is 10.5. The van der Waals surface area contributed by atoms with Gasteiger partial charge in [0.05, 0.1) is 18.6 Å². The van der Waals surface area contributed by atoms with E-state index in [0.717, 1.165) is 23.4 Å². The summed E-state index contributed by atoms with van der Waals surface area (Å²) in [5.41, 5.74) is 0.282. The number of carbonyl (C=O) groups is 2. The lowest BCUT2D eigenvalue weighted by Crippen LogP contribution is -2.50. The predicted octanol–water partition coefficient (Wildman–Crippen LogP) is 6.29. The molecular formula is C26H31ClF2O4. The average molecular weight is 481 g/mol. The molecule has 1 saturated heterocycles. The minimum Gasteiger partial charge on any atom is -0.490 e. The molecule has 4 nitrogen and oxygen atoms in total. The third-order valence-corrected chi connectivity index (χ3v) is 5.13. The molecule has 0 aromatic heterocycles. The van der Waals surface area contributed by atoms with Gasteiger partial charge < -0.3 is 19.1 Å². The van der Waals surface area contributed by atoms with E-state index in [1.165, 1.54) is 5.56 Å². The van der Waals surface area contributed by atoms with Gasteiger partial charge in [-0.25, -0.2) is 8.78 Å². The molecule has 180 valence electrons. The molecule has 0 aliphatic carbocycles. The molecule has 0 N–H and O–H groups in total. The quantitative estimate of drug-likeness (QED) is 0.355. The fourth-order valence-corrected chi connectivity index (χ4v) is 3.51. The maximum atomic E-state index is 14.0. The largest absolute Gasteiger partial charge is 0.490 e. The molecule has 2 heterocycles. The maximum absolute atomic E-state index is 14.0. The maximum Gasteiger partial charge on any atom is 0.165 e. The van der Waals surface area contributed by atoms with Crippen LogP contribution >= 0.6 is 11.6 Å². The minimum absolute atomic E-state index is 0.0528. The van der Waals surface area contributed by atoms with Gasteiger partial charge in [-0.05, 0) is 44.5 Å². The molecule has 0 radical (unpaired) electrons. The molecule has 0 spiro atoms. The number of halogens is 3. The van der Waals surface area contributed by atoms with Gasteiger partial charge in [-0.2, -0.15) is 0 Å². The Morgan fingerprint density at radius 2 is 1.61 bits per heavy atom. The van der Waals surface area contributed by atoms with Crippen LogP contribution in [0.2, 0.25) is 5.02 Å². The molecule has 2 unspecified atom stereocenters. The van der Waals surface area contributed by atoms with Gasteiger partial charge in [0.25, 0.3) is 0 Å². The van der Waals surface area contributed by atoms with E-state index in [2.05, 4.69) is 19.7 Å². The van der Waals surface area contributed by atoms with Crippen molar-refractivity contribution in [2.75, 3.05) is 19.8 Å². The number of aryl methyl sites for hydroxylation is 1. The van der Waals surface area contributed by atoms with E-state index in [0.29, 0.717) is 19.6 Å². The third kappa shape index (κ3) is 7.91. The van der Waals surface area contributed by atoms with Gasteiger partial charge in [0.1, 0.15) is 18.9 Å². The van der Waals surface area contributed by atoms with Gasteiger partial charge in [0, 0.05) is 23.1 Å². The normalized spacial score (nSPS) is 19.2. The molecule has 0 saturated carbocycles. The Hall–Kier alpha value is -2.83. The lowest BCUT2D eigenvalue weighted by atomic mass is 9.67. The summed E-state index contributed by atoms with van der Waals surface area (Å²) < 4.78 is 38.3. The van der Waals surface area contributed by atoms with Crippen LogP contribution < -0.4 is 4.74 Å². The van der Waals surface area contributed by atoms with Gasteiger partial charge >= 0.3 is 0 Å². The number of fused-ring (bicyclic) bond motifs is 3. The molecule has 2 aliphatic rings. The Bertz CT molecular complexity index is 850. The van der Waals surface area contributed by atoms with Gasteiger partial charge in [0.2, 0.25) is 0 Å². The Morgan fingerprint density at radius 3 is 2.12 bits per heavy atom. The van der Waals surface area contributed by atoms with Crippen molar-refractivity contribution in [1.29, 1.82) is 0 Å². The van der Waals surface area contributed by atoms with Crippen LogP contribution in [0.3, 0.4) is 0 Å². The molecule has 0 amide bonds. The zero-order valence-corrected chi connectivity index (χ0v) is 19.9. The molecule has 2 aliphatic heterocycles. The van der Waals surface area contributed by atoms with Crippen LogP contribution in [0, 0.1) is 24.5 Å². The fourth-order valence-electron chi connectivity index (χ4n) is 3.38. The van der Waals surface area contributed by atoms with Crippen molar-refractivity contribution in [1.82, 2.24) is 0 Å². The van der Waals surface area contributed by atoms with Crippen molar-refractivity contribution in [2.24, 2.45) is 5.92 Å². The second kappa shape index (κ2) is 15.9. The lowest BCUT2D eigenvalue weighted by molar-refractivity contribution is -0.123. The van der Waals surface area contributed by atoms with Crippen LogP contribution in [-0.2, 0) is 19.7 Å². The Labute approximate surface area is 199 Å². The predicted molar refractivity (Wildman–Crippen MR) is 129 cm³/mol. The van der Waals surface area contributed by atoms with Gasteiger partial charge in [-0.1, -0.05) is 35.4 Å². The highest BCUT2D eigenvalue weighted by atomic mass is 35.5. The van der Waals surface area contributed by atoms with Crippen molar-refractivity contribution in [3.05, 3.63) is 90.0 Å². The van der Waals surface area contributed by atoms with Crippen LogP contribution in [0.25, 0.3) is 0 Å². The zero-order chi connectivity index (χ0) is 25.4. The van der Waals surface area contributed by atoms with E-state index in [4.69, 9.17) is 25.9 Å².